The first-order valence-corrected chi connectivity index (χ1v) is 18.9. The molecule has 1 N–H and O–H groups in total. The molecule has 3 saturated heterocycles. The van der Waals surface area contributed by atoms with E-state index in [0.29, 0.717) is 39.3 Å². The van der Waals surface area contributed by atoms with E-state index in [1.54, 1.807) is 17.6 Å². The molecule has 5 rings (SSSR count). The summed E-state index contributed by atoms with van der Waals surface area (Å²) < 4.78 is 53.2. The minimum Gasteiger partial charge on any atom is -0.349 e. The van der Waals surface area contributed by atoms with Crippen molar-refractivity contribution in [3.63, 3.8) is 0 Å². The number of pyridine rings is 1. The maximum absolute atomic E-state index is 13.4. The molecule has 1 aromatic heterocycles. The molecule has 1 aromatic carbocycles. The van der Waals surface area contributed by atoms with E-state index in [0.717, 1.165) is 36.6 Å². The van der Waals surface area contributed by atoms with Crippen LogP contribution in [0, 0.1) is 0 Å². The Balaban J connectivity index is 1.13. The topological polar surface area (TPSA) is 129 Å². The monoisotopic (exact) mass is 635 g/mol. The van der Waals surface area contributed by atoms with Crippen LogP contribution in [0.1, 0.15) is 62.9 Å². The maximum Gasteiger partial charge on any atom is 0.264 e. The summed E-state index contributed by atoms with van der Waals surface area (Å²) in [6, 6.07) is 9.55. The van der Waals surface area contributed by atoms with Gasteiger partial charge in [0.15, 0.2) is 9.84 Å². The van der Waals surface area contributed by atoms with Crippen LogP contribution in [0.4, 0.5) is 0 Å². The number of hydrogen-bond acceptors (Lipinski definition) is 8. The standard InChI is InChI=1S/C30H45N5O6S2/c1-4-43(40,41)33-13-11-32(12-14-33)15-17-42(38,39)18-16-34-25-9-10-26(34)21-24(20-25)31-29(36)27-19-23-7-5-6-8-28(23)35(22(2)3)30(27)37/h5-8,19,22,24-26H,4,9-18,20-21H2,1-3H3,(H,31,36)/t24?,25-,26+. The van der Waals surface area contributed by atoms with Gasteiger partial charge in [0.25, 0.3) is 11.5 Å². The van der Waals surface area contributed by atoms with Crippen molar-refractivity contribution in [3.8, 4) is 0 Å². The van der Waals surface area contributed by atoms with E-state index in [2.05, 4.69) is 10.2 Å². The summed E-state index contributed by atoms with van der Waals surface area (Å²) in [6.45, 7) is 8.29. The van der Waals surface area contributed by atoms with Gasteiger partial charge in [-0.3, -0.25) is 19.4 Å². The lowest BCUT2D eigenvalue weighted by Gasteiger charge is -2.39. The Morgan fingerprint density at radius 1 is 0.953 bits per heavy atom. The molecular formula is C30H45N5O6S2. The fourth-order valence-electron chi connectivity index (χ4n) is 7.01. The van der Waals surface area contributed by atoms with Crippen LogP contribution in [0.25, 0.3) is 10.9 Å². The van der Waals surface area contributed by atoms with Crippen molar-refractivity contribution in [2.24, 2.45) is 0 Å². The second kappa shape index (κ2) is 13.0. The van der Waals surface area contributed by atoms with Gasteiger partial charge in [-0.15, -0.1) is 0 Å². The molecule has 4 heterocycles. The Labute approximate surface area is 255 Å². The molecular weight excluding hydrogens is 590 g/mol. The van der Waals surface area contributed by atoms with Crippen molar-refractivity contribution in [1.29, 1.82) is 0 Å². The predicted octanol–water partition coefficient (Wildman–Crippen LogP) is 1.69. The molecule has 0 radical (unpaired) electrons. The Morgan fingerprint density at radius 3 is 2.21 bits per heavy atom. The van der Waals surface area contributed by atoms with Gasteiger partial charge >= 0.3 is 0 Å². The third kappa shape index (κ3) is 7.16. The van der Waals surface area contributed by atoms with Crippen molar-refractivity contribution in [2.75, 3.05) is 56.5 Å². The SMILES string of the molecule is CCS(=O)(=O)N1CCN(CCS(=O)(=O)CCN2[C@@H]3CC[C@H]2CC(NC(=O)c2cc4ccccc4n(C(C)C)c2=O)C3)CC1. The summed E-state index contributed by atoms with van der Waals surface area (Å²) in [5.41, 5.74) is 0.678. The van der Waals surface area contributed by atoms with Gasteiger partial charge in [0.05, 0.1) is 22.8 Å². The number of fused-ring (bicyclic) bond motifs is 3. The molecule has 13 heteroatoms. The number of hydrogen-bond donors (Lipinski definition) is 1. The summed E-state index contributed by atoms with van der Waals surface area (Å²) in [4.78, 5) is 31.0. The Kier molecular flexibility index (Phi) is 9.67. The van der Waals surface area contributed by atoms with E-state index in [4.69, 9.17) is 0 Å². The van der Waals surface area contributed by atoms with Crippen LogP contribution < -0.4 is 10.9 Å². The number of rotatable bonds is 11. The molecule has 3 aliphatic rings. The van der Waals surface area contributed by atoms with Crippen LogP contribution in [0.15, 0.2) is 35.1 Å². The fourth-order valence-corrected chi connectivity index (χ4v) is 9.32. The number of benzene rings is 1. The van der Waals surface area contributed by atoms with E-state index in [1.807, 2.05) is 43.0 Å². The number of sulfonamides is 1. The number of aromatic nitrogens is 1. The molecule has 11 nitrogen and oxygen atoms in total. The van der Waals surface area contributed by atoms with Gasteiger partial charge in [0.1, 0.15) is 5.56 Å². The molecule has 3 fully saturated rings. The van der Waals surface area contributed by atoms with Crippen LogP contribution in [0.2, 0.25) is 0 Å². The number of carbonyl (C=O) groups excluding carboxylic acids is 1. The fraction of sp³-hybridized carbons (Fsp3) is 0.667. The smallest absolute Gasteiger partial charge is 0.264 e. The summed E-state index contributed by atoms with van der Waals surface area (Å²) in [6.07, 6.45) is 3.41. The van der Waals surface area contributed by atoms with Crippen molar-refractivity contribution < 1.29 is 21.6 Å². The van der Waals surface area contributed by atoms with Gasteiger partial charge in [-0.1, -0.05) is 18.2 Å². The van der Waals surface area contributed by atoms with Gasteiger partial charge in [-0.05, 0) is 64.0 Å². The molecule has 2 bridgehead atoms. The second-order valence-corrected chi connectivity index (χ2v) is 17.0. The van der Waals surface area contributed by atoms with Crippen molar-refractivity contribution in [2.45, 2.75) is 70.6 Å². The van der Waals surface area contributed by atoms with E-state index in [-0.39, 0.29) is 58.5 Å². The van der Waals surface area contributed by atoms with Gasteiger partial charge in [0, 0.05) is 63.4 Å². The Hall–Kier alpha value is -2.32. The quantitative estimate of drug-likeness (QED) is 0.395. The average Bonchev–Trinajstić information content (AvgIpc) is 3.22. The molecule has 1 amide bonds. The molecule has 1 unspecified atom stereocenters. The zero-order chi connectivity index (χ0) is 30.9. The molecule has 3 atom stereocenters. The van der Waals surface area contributed by atoms with E-state index >= 15 is 0 Å². The first-order chi connectivity index (χ1) is 20.4. The number of piperazine rings is 1. The number of nitrogens with one attached hydrogen (secondary N) is 1. The lowest BCUT2D eigenvalue weighted by molar-refractivity contribution is 0.0856. The summed E-state index contributed by atoms with van der Waals surface area (Å²) >= 11 is 0. The van der Waals surface area contributed by atoms with Crippen LogP contribution in [-0.2, 0) is 19.9 Å². The molecule has 0 spiro atoms. The molecule has 238 valence electrons. The number of piperidine rings is 1. The summed E-state index contributed by atoms with van der Waals surface area (Å²) in [7, 11) is -6.48. The van der Waals surface area contributed by atoms with Crippen LogP contribution in [0.3, 0.4) is 0 Å². The first-order valence-electron chi connectivity index (χ1n) is 15.5. The number of amides is 1. The highest BCUT2D eigenvalue weighted by Crippen LogP contribution is 2.35. The molecule has 43 heavy (non-hydrogen) atoms. The predicted molar refractivity (Wildman–Crippen MR) is 169 cm³/mol. The largest absolute Gasteiger partial charge is 0.349 e. The average molecular weight is 636 g/mol. The van der Waals surface area contributed by atoms with Crippen LogP contribution >= 0.6 is 0 Å². The molecule has 0 aliphatic carbocycles. The molecule has 2 aromatic rings. The first kappa shape index (κ1) is 32.1. The zero-order valence-electron chi connectivity index (χ0n) is 25.4. The van der Waals surface area contributed by atoms with E-state index in [1.165, 1.54) is 4.31 Å². The molecule has 3 aliphatic heterocycles. The normalized spacial score (nSPS) is 24.1. The minimum atomic E-state index is -3.27. The Morgan fingerprint density at radius 2 is 1.58 bits per heavy atom. The van der Waals surface area contributed by atoms with Crippen molar-refractivity contribution >= 4 is 36.7 Å². The Bertz CT molecular complexity index is 1580. The maximum atomic E-state index is 13.4. The third-order valence-electron chi connectivity index (χ3n) is 9.39. The van der Waals surface area contributed by atoms with Gasteiger partial charge in [-0.25, -0.2) is 16.8 Å². The highest BCUT2D eigenvalue weighted by Gasteiger charge is 2.41. The van der Waals surface area contributed by atoms with Crippen LogP contribution in [-0.4, -0.2) is 116 Å². The number of carbonyl (C=O) groups is 1. The minimum absolute atomic E-state index is 0.0635. The highest BCUT2D eigenvalue weighted by molar-refractivity contribution is 7.91. The van der Waals surface area contributed by atoms with Gasteiger partial charge < -0.3 is 9.88 Å². The van der Waals surface area contributed by atoms with E-state index in [9.17, 15) is 26.4 Å². The zero-order valence-corrected chi connectivity index (χ0v) is 27.1. The summed E-state index contributed by atoms with van der Waals surface area (Å²) in [5.74, 6) is -0.113. The third-order valence-corrected chi connectivity index (χ3v) is 12.9. The van der Waals surface area contributed by atoms with Crippen LogP contribution in [0.5, 0.6) is 0 Å². The summed E-state index contributed by atoms with van der Waals surface area (Å²) in [5, 5.41) is 3.98. The number of sulfone groups is 1. The second-order valence-electron chi connectivity index (χ2n) is 12.4. The molecule has 0 saturated carbocycles. The lowest BCUT2D eigenvalue weighted by atomic mass is 9.97. The number of nitrogens with zero attached hydrogens (tertiary/aromatic N) is 4. The highest BCUT2D eigenvalue weighted by atomic mass is 32.2. The van der Waals surface area contributed by atoms with Crippen molar-refractivity contribution in [1.82, 2.24) is 24.0 Å². The van der Waals surface area contributed by atoms with Gasteiger partial charge in [-0.2, -0.15) is 4.31 Å². The van der Waals surface area contributed by atoms with Crippen molar-refractivity contribution in [3.05, 3.63) is 46.2 Å². The lowest BCUT2D eigenvalue weighted by Crippen LogP contribution is -2.52. The van der Waals surface area contributed by atoms with Gasteiger partial charge in [0.2, 0.25) is 10.0 Å². The van der Waals surface area contributed by atoms with E-state index < -0.39 is 19.9 Å². The number of para-hydroxylation sites is 1.